The van der Waals surface area contributed by atoms with Crippen LogP contribution < -0.4 is 5.73 Å². The van der Waals surface area contributed by atoms with Crippen LogP contribution in [-0.4, -0.2) is 43.0 Å². The first-order chi connectivity index (χ1) is 7.88. The lowest BCUT2D eigenvalue weighted by Crippen LogP contribution is -2.52. The molecule has 1 saturated heterocycles. The topological polar surface area (TPSA) is 72.6 Å². The maximum atomic E-state index is 11.6. The van der Waals surface area contributed by atoms with Gasteiger partial charge in [0.05, 0.1) is 18.6 Å². The number of ether oxygens (including phenoxy) is 1. The lowest BCUT2D eigenvalue weighted by molar-refractivity contribution is -0.153. The van der Waals surface area contributed by atoms with Crippen molar-refractivity contribution in [1.29, 1.82) is 0 Å². The number of primary amides is 1. The Kier molecular flexibility index (Phi) is 4.51. The molecular weight excluding hydrogens is 220 g/mol. The molecule has 5 heteroatoms. The van der Waals surface area contributed by atoms with Crippen LogP contribution in [0.2, 0.25) is 0 Å². The van der Waals surface area contributed by atoms with Gasteiger partial charge in [0.15, 0.2) is 0 Å². The number of carbonyl (C=O) groups excluding carboxylic acids is 2. The van der Waals surface area contributed by atoms with Crippen molar-refractivity contribution in [3.05, 3.63) is 0 Å². The molecule has 1 rings (SSSR count). The Morgan fingerprint density at radius 2 is 2.06 bits per heavy atom. The van der Waals surface area contributed by atoms with E-state index in [-0.39, 0.29) is 17.9 Å². The molecule has 1 atom stereocenters. The monoisotopic (exact) mass is 242 g/mol. The van der Waals surface area contributed by atoms with Crippen molar-refractivity contribution in [3.8, 4) is 0 Å². The molecule has 0 aromatic carbocycles. The second-order valence-electron chi connectivity index (χ2n) is 5.26. The van der Waals surface area contributed by atoms with Gasteiger partial charge >= 0.3 is 5.97 Å². The molecule has 0 aliphatic carbocycles. The summed E-state index contributed by atoms with van der Waals surface area (Å²) in [4.78, 5) is 25.0. The van der Waals surface area contributed by atoms with Crippen LogP contribution in [0.1, 0.15) is 33.1 Å². The summed E-state index contributed by atoms with van der Waals surface area (Å²) in [6.07, 6.45) is 2.84. The number of piperidine rings is 1. The van der Waals surface area contributed by atoms with E-state index in [4.69, 9.17) is 10.5 Å². The van der Waals surface area contributed by atoms with Crippen LogP contribution in [0.25, 0.3) is 0 Å². The van der Waals surface area contributed by atoms with Gasteiger partial charge in [-0.05, 0) is 33.2 Å². The molecule has 0 bridgehead atoms. The lowest BCUT2D eigenvalue weighted by Gasteiger charge is -2.37. The van der Waals surface area contributed by atoms with E-state index in [0.717, 1.165) is 25.8 Å². The first kappa shape index (κ1) is 14.0. The van der Waals surface area contributed by atoms with E-state index in [9.17, 15) is 9.59 Å². The number of carbonyl (C=O) groups is 2. The van der Waals surface area contributed by atoms with Gasteiger partial charge in [0, 0.05) is 6.54 Å². The second-order valence-corrected chi connectivity index (χ2v) is 5.26. The fourth-order valence-electron chi connectivity index (χ4n) is 2.35. The maximum Gasteiger partial charge on any atom is 0.312 e. The maximum absolute atomic E-state index is 11.6. The third-order valence-electron chi connectivity index (χ3n) is 3.28. The van der Waals surface area contributed by atoms with Gasteiger partial charge in [0.2, 0.25) is 5.91 Å². The van der Waals surface area contributed by atoms with Crippen LogP contribution >= 0.6 is 0 Å². The highest BCUT2D eigenvalue weighted by atomic mass is 16.5. The number of methoxy groups -OCH3 is 1. The third kappa shape index (κ3) is 3.43. The zero-order valence-corrected chi connectivity index (χ0v) is 10.9. The minimum absolute atomic E-state index is 0.243. The number of hydrogen-bond acceptors (Lipinski definition) is 4. The molecule has 2 N–H and O–H groups in total. The minimum atomic E-state index is -0.611. The van der Waals surface area contributed by atoms with E-state index in [0.29, 0.717) is 6.54 Å². The summed E-state index contributed by atoms with van der Waals surface area (Å²) >= 11 is 0. The third-order valence-corrected chi connectivity index (χ3v) is 3.28. The molecule has 0 aromatic rings. The number of rotatable bonds is 4. The Hall–Kier alpha value is -1.10. The summed E-state index contributed by atoms with van der Waals surface area (Å²) < 4.78 is 4.77. The molecule has 17 heavy (non-hydrogen) atoms. The van der Waals surface area contributed by atoms with Gasteiger partial charge in [-0.3, -0.25) is 14.5 Å². The van der Waals surface area contributed by atoms with Gasteiger partial charge in [-0.15, -0.1) is 0 Å². The van der Waals surface area contributed by atoms with E-state index >= 15 is 0 Å². The summed E-state index contributed by atoms with van der Waals surface area (Å²) in [5, 5.41) is 0. The predicted molar refractivity (Wildman–Crippen MR) is 64.2 cm³/mol. The zero-order valence-electron chi connectivity index (χ0n) is 10.9. The Balaban J connectivity index is 2.70. The second kappa shape index (κ2) is 5.49. The molecule has 0 saturated carbocycles. The van der Waals surface area contributed by atoms with Gasteiger partial charge in [0.1, 0.15) is 0 Å². The molecule has 1 amide bonds. The number of nitrogens with two attached hydrogens (primary N) is 1. The van der Waals surface area contributed by atoms with E-state index in [1.807, 2.05) is 18.7 Å². The largest absolute Gasteiger partial charge is 0.469 e. The zero-order chi connectivity index (χ0) is 13.1. The first-order valence-electron chi connectivity index (χ1n) is 6.00. The summed E-state index contributed by atoms with van der Waals surface area (Å²) in [7, 11) is 1.38. The molecule has 0 radical (unpaired) electrons. The predicted octanol–water partition coefficient (Wildman–Crippen LogP) is 0.525. The number of esters is 1. The Labute approximate surface area is 102 Å². The molecular formula is C12H22N2O3. The van der Waals surface area contributed by atoms with Gasteiger partial charge in [0.25, 0.3) is 0 Å². The molecule has 98 valence electrons. The molecule has 1 aliphatic heterocycles. The van der Waals surface area contributed by atoms with E-state index < -0.39 is 5.41 Å². The molecule has 1 unspecified atom stereocenters. The smallest absolute Gasteiger partial charge is 0.312 e. The van der Waals surface area contributed by atoms with Gasteiger partial charge in [-0.2, -0.15) is 0 Å². The number of hydrogen-bond donors (Lipinski definition) is 1. The Morgan fingerprint density at radius 3 is 2.59 bits per heavy atom. The molecule has 1 aliphatic rings. The number of amides is 1. The first-order valence-corrected chi connectivity index (χ1v) is 6.00. The van der Waals surface area contributed by atoms with E-state index in [1.54, 1.807) is 0 Å². The molecule has 5 nitrogen and oxygen atoms in total. The summed E-state index contributed by atoms with van der Waals surface area (Å²) in [6.45, 7) is 4.97. The molecule has 1 fully saturated rings. The minimum Gasteiger partial charge on any atom is -0.469 e. The van der Waals surface area contributed by atoms with Crippen molar-refractivity contribution in [1.82, 2.24) is 4.90 Å². The number of likely N-dealkylation sites (tertiary alicyclic amines) is 1. The van der Waals surface area contributed by atoms with Crippen molar-refractivity contribution in [2.75, 3.05) is 20.2 Å². The molecule has 0 spiro atoms. The Morgan fingerprint density at radius 1 is 1.41 bits per heavy atom. The molecule has 1 heterocycles. The van der Waals surface area contributed by atoms with Crippen molar-refractivity contribution < 1.29 is 14.3 Å². The van der Waals surface area contributed by atoms with Crippen LogP contribution in [0, 0.1) is 5.41 Å². The lowest BCUT2D eigenvalue weighted by atomic mass is 9.90. The highest BCUT2D eigenvalue weighted by Gasteiger charge is 2.36. The Bertz CT molecular complexity index is 302. The quantitative estimate of drug-likeness (QED) is 0.730. The van der Waals surface area contributed by atoms with Crippen LogP contribution in [-0.2, 0) is 14.3 Å². The van der Waals surface area contributed by atoms with E-state index in [1.165, 1.54) is 7.11 Å². The average Bonchev–Trinajstić information content (AvgIpc) is 2.27. The van der Waals surface area contributed by atoms with Crippen molar-refractivity contribution in [3.63, 3.8) is 0 Å². The highest BCUT2D eigenvalue weighted by Crippen LogP contribution is 2.24. The van der Waals surface area contributed by atoms with Crippen molar-refractivity contribution in [2.45, 2.75) is 39.2 Å². The van der Waals surface area contributed by atoms with Crippen LogP contribution in [0.5, 0.6) is 0 Å². The summed E-state index contributed by atoms with van der Waals surface area (Å²) in [5.74, 6) is -0.559. The van der Waals surface area contributed by atoms with Crippen LogP contribution in [0.15, 0.2) is 0 Å². The SMILES string of the molecule is COC(=O)C(C)(C)CN1CCCCC1C(N)=O. The highest BCUT2D eigenvalue weighted by molar-refractivity contribution is 5.80. The van der Waals surface area contributed by atoms with Gasteiger partial charge in [-0.1, -0.05) is 6.42 Å². The summed E-state index contributed by atoms with van der Waals surface area (Å²) in [6, 6.07) is -0.243. The van der Waals surface area contributed by atoms with Crippen LogP contribution in [0.4, 0.5) is 0 Å². The fraction of sp³-hybridized carbons (Fsp3) is 0.833. The summed E-state index contributed by atoms with van der Waals surface area (Å²) in [5.41, 5.74) is 4.78. The average molecular weight is 242 g/mol. The normalized spacial score (nSPS) is 22.2. The molecule has 0 aromatic heterocycles. The van der Waals surface area contributed by atoms with E-state index in [2.05, 4.69) is 0 Å². The number of nitrogens with zero attached hydrogens (tertiary/aromatic N) is 1. The van der Waals surface area contributed by atoms with Gasteiger partial charge in [-0.25, -0.2) is 0 Å². The standard InChI is InChI=1S/C12H22N2O3/c1-12(2,11(16)17-3)8-14-7-5-4-6-9(14)10(13)15/h9H,4-8H2,1-3H3,(H2,13,15). The van der Waals surface area contributed by atoms with Crippen LogP contribution in [0.3, 0.4) is 0 Å². The van der Waals surface area contributed by atoms with Crippen molar-refractivity contribution in [2.24, 2.45) is 11.1 Å². The van der Waals surface area contributed by atoms with Crippen molar-refractivity contribution >= 4 is 11.9 Å². The van der Waals surface area contributed by atoms with Gasteiger partial charge < -0.3 is 10.5 Å². The fourth-order valence-corrected chi connectivity index (χ4v) is 2.35.